The van der Waals surface area contributed by atoms with Crippen LogP contribution in [-0.4, -0.2) is 38.4 Å². The van der Waals surface area contributed by atoms with E-state index in [4.69, 9.17) is 23.2 Å². The Labute approximate surface area is 127 Å². The van der Waals surface area contributed by atoms with Gasteiger partial charge in [-0.3, -0.25) is 4.79 Å². The second kappa shape index (κ2) is 6.30. The van der Waals surface area contributed by atoms with Gasteiger partial charge in [0, 0.05) is 11.7 Å². The molecule has 1 aliphatic heterocycles. The first kappa shape index (κ1) is 15.6. The minimum absolute atomic E-state index is 0.0560. The zero-order valence-corrected chi connectivity index (χ0v) is 12.9. The molecule has 0 aliphatic carbocycles. The van der Waals surface area contributed by atoms with Crippen molar-refractivity contribution >= 4 is 44.6 Å². The van der Waals surface area contributed by atoms with Crippen LogP contribution in [0.3, 0.4) is 0 Å². The third-order valence-electron chi connectivity index (χ3n) is 2.99. The van der Waals surface area contributed by atoms with Crippen molar-refractivity contribution in [3.8, 4) is 0 Å². The van der Waals surface area contributed by atoms with E-state index in [0.29, 0.717) is 22.2 Å². The predicted molar refractivity (Wildman–Crippen MR) is 80.2 cm³/mol. The van der Waals surface area contributed by atoms with Gasteiger partial charge in [0.25, 0.3) is 0 Å². The Kier molecular flexibility index (Phi) is 4.90. The molecular formula is C12H14Cl2N2O3S. The van der Waals surface area contributed by atoms with Gasteiger partial charge >= 0.3 is 0 Å². The van der Waals surface area contributed by atoms with E-state index in [-0.39, 0.29) is 30.0 Å². The first-order valence-electron chi connectivity index (χ1n) is 6.04. The van der Waals surface area contributed by atoms with Crippen LogP contribution in [0.15, 0.2) is 18.2 Å². The van der Waals surface area contributed by atoms with Crippen molar-refractivity contribution < 1.29 is 13.2 Å². The number of halogens is 2. The Bertz CT molecular complexity index is 619. The summed E-state index contributed by atoms with van der Waals surface area (Å²) in [5, 5.41) is 6.37. The van der Waals surface area contributed by atoms with Gasteiger partial charge in [-0.25, -0.2) is 8.42 Å². The highest BCUT2D eigenvalue weighted by Gasteiger charge is 2.27. The summed E-state index contributed by atoms with van der Waals surface area (Å²) < 4.78 is 22.6. The molecule has 0 aromatic heterocycles. The van der Waals surface area contributed by atoms with Gasteiger partial charge in [-0.15, -0.1) is 0 Å². The van der Waals surface area contributed by atoms with Gasteiger partial charge in [-0.1, -0.05) is 23.2 Å². The van der Waals surface area contributed by atoms with Crippen molar-refractivity contribution in [2.75, 3.05) is 23.4 Å². The number of carbonyl (C=O) groups is 1. The normalized spacial score (nSPS) is 20.8. The van der Waals surface area contributed by atoms with E-state index in [1.807, 2.05) is 0 Å². The van der Waals surface area contributed by atoms with Gasteiger partial charge in [-0.05, 0) is 24.6 Å². The van der Waals surface area contributed by atoms with Crippen LogP contribution in [0.25, 0.3) is 0 Å². The van der Waals surface area contributed by atoms with Crippen molar-refractivity contribution in [2.45, 2.75) is 12.5 Å². The molecule has 5 nitrogen and oxygen atoms in total. The molecule has 2 rings (SSSR count). The number of rotatable bonds is 4. The fraction of sp³-hybridized carbons (Fsp3) is 0.417. The van der Waals surface area contributed by atoms with Crippen molar-refractivity contribution in [1.82, 2.24) is 5.32 Å². The zero-order chi connectivity index (χ0) is 14.8. The summed E-state index contributed by atoms with van der Waals surface area (Å²) >= 11 is 11.6. The molecule has 2 N–H and O–H groups in total. The summed E-state index contributed by atoms with van der Waals surface area (Å²) in [6.07, 6.45) is 0.544. The predicted octanol–water partition coefficient (Wildman–Crippen LogP) is 1.71. The summed E-state index contributed by atoms with van der Waals surface area (Å²) in [5.74, 6) is 0.0132. The van der Waals surface area contributed by atoms with E-state index >= 15 is 0 Å². The van der Waals surface area contributed by atoms with Crippen LogP contribution in [0.2, 0.25) is 10.0 Å². The molecule has 1 aliphatic rings. The number of hydrogen-bond acceptors (Lipinski definition) is 4. The highest BCUT2D eigenvalue weighted by molar-refractivity contribution is 7.91. The highest BCUT2D eigenvalue weighted by Crippen LogP contribution is 2.24. The van der Waals surface area contributed by atoms with Crippen LogP contribution in [0.5, 0.6) is 0 Å². The zero-order valence-electron chi connectivity index (χ0n) is 10.5. The van der Waals surface area contributed by atoms with Crippen LogP contribution >= 0.6 is 23.2 Å². The minimum Gasteiger partial charge on any atom is -0.325 e. The van der Waals surface area contributed by atoms with Crippen LogP contribution in [0, 0.1) is 0 Å². The topological polar surface area (TPSA) is 75.3 Å². The molecule has 1 fully saturated rings. The first-order valence-corrected chi connectivity index (χ1v) is 8.62. The third-order valence-corrected chi connectivity index (χ3v) is 5.49. The van der Waals surface area contributed by atoms with Crippen molar-refractivity contribution in [3.05, 3.63) is 28.2 Å². The lowest BCUT2D eigenvalue weighted by atomic mass is 10.2. The largest absolute Gasteiger partial charge is 0.325 e. The van der Waals surface area contributed by atoms with E-state index in [9.17, 15) is 13.2 Å². The van der Waals surface area contributed by atoms with Crippen molar-refractivity contribution in [3.63, 3.8) is 0 Å². The molecule has 0 saturated carbocycles. The van der Waals surface area contributed by atoms with Gasteiger partial charge in [0.05, 0.1) is 28.1 Å². The Morgan fingerprint density at radius 3 is 2.65 bits per heavy atom. The average Bonchev–Trinajstić information content (AvgIpc) is 2.71. The number of hydrogen-bond donors (Lipinski definition) is 2. The maximum absolute atomic E-state index is 11.7. The Balaban J connectivity index is 1.82. The van der Waals surface area contributed by atoms with E-state index in [2.05, 4.69) is 10.6 Å². The van der Waals surface area contributed by atoms with E-state index in [1.165, 1.54) is 0 Å². The summed E-state index contributed by atoms with van der Waals surface area (Å²) in [7, 11) is -2.94. The lowest BCUT2D eigenvalue weighted by Gasteiger charge is -2.11. The van der Waals surface area contributed by atoms with E-state index in [1.54, 1.807) is 18.2 Å². The second-order valence-corrected chi connectivity index (χ2v) is 7.70. The molecule has 1 amide bonds. The Hall–Kier alpha value is -0.820. The van der Waals surface area contributed by atoms with E-state index < -0.39 is 9.84 Å². The van der Waals surface area contributed by atoms with Crippen LogP contribution in [-0.2, 0) is 14.6 Å². The maximum atomic E-state index is 11.7. The summed E-state index contributed by atoms with van der Waals surface area (Å²) in [5.41, 5.74) is 0.547. The molecule has 0 bridgehead atoms. The SMILES string of the molecule is O=C(CNC1CCS(=O)(=O)C1)Nc1ccc(Cl)c(Cl)c1. The van der Waals surface area contributed by atoms with Gasteiger partial charge in [0.1, 0.15) is 0 Å². The van der Waals surface area contributed by atoms with Crippen LogP contribution in [0.4, 0.5) is 5.69 Å². The number of benzene rings is 1. The molecule has 1 aromatic rings. The van der Waals surface area contributed by atoms with Crippen LogP contribution < -0.4 is 10.6 Å². The minimum atomic E-state index is -2.94. The first-order chi connectivity index (χ1) is 9.35. The molecular weight excluding hydrogens is 323 g/mol. The molecule has 110 valence electrons. The molecule has 1 unspecified atom stereocenters. The molecule has 1 atom stereocenters. The van der Waals surface area contributed by atoms with Crippen molar-refractivity contribution in [2.24, 2.45) is 0 Å². The molecule has 1 saturated heterocycles. The molecule has 0 radical (unpaired) electrons. The fourth-order valence-electron chi connectivity index (χ4n) is 1.97. The van der Waals surface area contributed by atoms with Crippen LogP contribution in [0.1, 0.15) is 6.42 Å². The summed E-state index contributed by atoms with van der Waals surface area (Å²) in [6.45, 7) is 0.0560. The number of amides is 1. The third kappa shape index (κ3) is 4.34. The lowest BCUT2D eigenvalue weighted by Crippen LogP contribution is -2.36. The Morgan fingerprint density at radius 1 is 1.30 bits per heavy atom. The lowest BCUT2D eigenvalue weighted by molar-refractivity contribution is -0.115. The van der Waals surface area contributed by atoms with Crippen molar-refractivity contribution in [1.29, 1.82) is 0 Å². The van der Waals surface area contributed by atoms with Gasteiger partial charge in [0.2, 0.25) is 5.91 Å². The van der Waals surface area contributed by atoms with Gasteiger partial charge in [0.15, 0.2) is 9.84 Å². The molecule has 0 spiro atoms. The van der Waals surface area contributed by atoms with E-state index in [0.717, 1.165) is 0 Å². The monoisotopic (exact) mass is 336 g/mol. The summed E-state index contributed by atoms with van der Waals surface area (Å²) in [4.78, 5) is 11.7. The van der Waals surface area contributed by atoms with Gasteiger partial charge in [-0.2, -0.15) is 0 Å². The molecule has 20 heavy (non-hydrogen) atoms. The maximum Gasteiger partial charge on any atom is 0.238 e. The molecule has 1 aromatic carbocycles. The quantitative estimate of drug-likeness (QED) is 0.877. The number of anilines is 1. The molecule has 1 heterocycles. The highest BCUT2D eigenvalue weighted by atomic mass is 35.5. The average molecular weight is 337 g/mol. The smallest absolute Gasteiger partial charge is 0.238 e. The fourth-order valence-corrected chi connectivity index (χ4v) is 3.98. The molecule has 8 heteroatoms. The number of sulfone groups is 1. The Morgan fingerprint density at radius 2 is 2.05 bits per heavy atom. The number of nitrogens with one attached hydrogen (secondary N) is 2. The summed E-state index contributed by atoms with van der Waals surface area (Å²) in [6, 6.07) is 4.64. The van der Waals surface area contributed by atoms with Gasteiger partial charge < -0.3 is 10.6 Å². The standard InChI is InChI=1S/C12H14Cl2N2O3S/c13-10-2-1-8(5-11(10)14)16-12(17)6-15-9-3-4-20(18,19)7-9/h1-2,5,9,15H,3-4,6-7H2,(H,16,17). The second-order valence-electron chi connectivity index (χ2n) is 4.66. The number of carbonyl (C=O) groups excluding carboxylic acids is 1.